The van der Waals surface area contributed by atoms with Crippen molar-refractivity contribution in [3.8, 4) is 11.3 Å². The minimum Gasteiger partial charge on any atom is -0.355 e. The maximum absolute atomic E-state index is 12.8. The summed E-state index contributed by atoms with van der Waals surface area (Å²) >= 11 is 0. The van der Waals surface area contributed by atoms with E-state index in [9.17, 15) is 13.2 Å². The largest absolute Gasteiger partial charge is 0.355 e. The van der Waals surface area contributed by atoms with Crippen LogP contribution in [0.2, 0.25) is 0 Å². The molecule has 158 valence electrons. The summed E-state index contributed by atoms with van der Waals surface area (Å²) in [7, 11) is -2.04. The number of hydrogen-bond donors (Lipinski definition) is 2. The average molecular weight is 436 g/mol. The first-order chi connectivity index (χ1) is 15.0. The fraction of sp³-hybridized carbons (Fsp3) is 0.130. The highest BCUT2D eigenvalue weighted by Gasteiger charge is 2.15. The Balaban J connectivity index is 1.55. The van der Waals surface area contributed by atoms with Crippen molar-refractivity contribution in [3.63, 3.8) is 0 Å². The highest BCUT2D eigenvalue weighted by atomic mass is 32.2. The van der Waals surface area contributed by atoms with Gasteiger partial charge in [-0.05, 0) is 36.4 Å². The first-order valence-electron chi connectivity index (χ1n) is 9.68. The van der Waals surface area contributed by atoms with Crippen molar-refractivity contribution < 1.29 is 17.7 Å². The summed E-state index contributed by atoms with van der Waals surface area (Å²) in [5.41, 5.74) is 3.39. The summed E-state index contributed by atoms with van der Waals surface area (Å²) in [5, 5.41) is 7.69. The molecule has 8 heteroatoms. The molecule has 0 spiro atoms. The van der Waals surface area contributed by atoms with Crippen LogP contribution in [-0.4, -0.2) is 26.5 Å². The number of amides is 1. The van der Waals surface area contributed by atoms with Gasteiger partial charge in [-0.1, -0.05) is 59.8 Å². The molecule has 0 aliphatic heterocycles. The quantitative estimate of drug-likeness (QED) is 0.463. The topological polar surface area (TPSA) is 101 Å². The highest BCUT2D eigenvalue weighted by Crippen LogP contribution is 2.29. The fourth-order valence-electron chi connectivity index (χ4n) is 3.31. The average Bonchev–Trinajstić information content (AvgIpc) is 3.22. The maximum Gasteiger partial charge on any atom is 0.251 e. The number of fused-ring (bicyclic) bond motifs is 1. The number of carbonyl (C=O) groups excluding carboxylic acids is 1. The molecule has 3 aromatic carbocycles. The molecule has 4 rings (SSSR count). The normalized spacial score (nSPS) is 11.5. The summed E-state index contributed by atoms with van der Waals surface area (Å²) in [6.07, 6.45) is 0. The number of rotatable bonds is 7. The van der Waals surface area contributed by atoms with E-state index >= 15 is 0 Å². The molecule has 0 saturated carbocycles. The Morgan fingerprint density at radius 2 is 1.68 bits per heavy atom. The van der Waals surface area contributed by atoms with Gasteiger partial charge in [0.15, 0.2) is 5.76 Å². The molecule has 0 atom stereocenters. The monoisotopic (exact) mass is 435 g/mol. The molecule has 1 aromatic heterocycles. The lowest BCUT2D eigenvalue weighted by atomic mass is 10.1. The molecule has 7 nitrogen and oxygen atoms in total. The van der Waals surface area contributed by atoms with Gasteiger partial charge in [-0.2, -0.15) is 0 Å². The summed E-state index contributed by atoms with van der Waals surface area (Å²) in [4.78, 5) is 12.8. The lowest BCUT2D eigenvalue weighted by Gasteiger charge is -2.11. The van der Waals surface area contributed by atoms with E-state index < -0.39 is 10.0 Å². The minimum atomic E-state index is -3.41. The molecule has 4 aromatic rings. The third-order valence-corrected chi connectivity index (χ3v) is 6.30. The molecule has 31 heavy (non-hydrogen) atoms. The predicted molar refractivity (Wildman–Crippen MR) is 119 cm³/mol. The van der Waals surface area contributed by atoms with Gasteiger partial charge in [-0.15, -0.1) is 0 Å². The van der Waals surface area contributed by atoms with E-state index in [4.69, 9.17) is 4.52 Å². The molecule has 1 heterocycles. The Hall–Kier alpha value is -3.49. The molecular weight excluding hydrogens is 414 g/mol. The summed E-state index contributed by atoms with van der Waals surface area (Å²) in [6.45, 7) is 0.210. The van der Waals surface area contributed by atoms with Crippen molar-refractivity contribution in [2.45, 2.75) is 12.3 Å². The van der Waals surface area contributed by atoms with E-state index in [0.29, 0.717) is 22.4 Å². The van der Waals surface area contributed by atoms with Gasteiger partial charge in [0.2, 0.25) is 10.0 Å². The van der Waals surface area contributed by atoms with Crippen molar-refractivity contribution in [2.24, 2.45) is 0 Å². The Bertz CT molecular complexity index is 1330. The van der Waals surface area contributed by atoms with Crippen LogP contribution >= 0.6 is 0 Å². The van der Waals surface area contributed by atoms with E-state index in [-0.39, 0.29) is 18.2 Å². The van der Waals surface area contributed by atoms with Gasteiger partial charge in [0.05, 0.1) is 11.1 Å². The second-order valence-electron chi connectivity index (χ2n) is 7.02. The maximum atomic E-state index is 12.8. The number of nitrogens with zero attached hydrogens (tertiary/aromatic N) is 1. The van der Waals surface area contributed by atoms with Crippen LogP contribution < -0.4 is 10.0 Å². The van der Waals surface area contributed by atoms with Gasteiger partial charge >= 0.3 is 0 Å². The molecule has 0 radical (unpaired) electrons. The molecular formula is C23H21N3O4S. The van der Waals surface area contributed by atoms with Crippen LogP contribution in [0.5, 0.6) is 0 Å². The van der Waals surface area contributed by atoms with E-state index in [1.807, 2.05) is 36.4 Å². The van der Waals surface area contributed by atoms with Gasteiger partial charge in [-0.25, -0.2) is 13.1 Å². The predicted octanol–water partition coefficient (Wildman–Crippen LogP) is 3.47. The zero-order chi connectivity index (χ0) is 21.8. The van der Waals surface area contributed by atoms with Crippen LogP contribution in [0.3, 0.4) is 0 Å². The first kappa shape index (κ1) is 20.8. The summed E-state index contributed by atoms with van der Waals surface area (Å²) in [5.74, 6) is 0.184. The standard InChI is InChI=1S/C23H21N3O4S/c1-24-31(28,29)15-19-10-6-5-9-18(19)14-25-23(27)17-11-12-21-20(13-17)22(30-26-21)16-7-3-2-4-8-16/h2-13,24H,14-15H2,1H3,(H,25,27). The second kappa shape index (κ2) is 8.71. The third-order valence-electron chi connectivity index (χ3n) is 4.99. The van der Waals surface area contributed by atoms with Crippen LogP contribution in [0.25, 0.3) is 22.2 Å². The first-order valence-corrected chi connectivity index (χ1v) is 11.3. The fourth-order valence-corrected chi connectivity index (χ4v) is 4.14. The Morgan fingerprint density at radius 1 is 0.968 bits per heavy atom. The summed E-state index contributed by atoms with van der Waals surface area (Å²) < 4.78 is 31.6. The Labute approximate surface area is 180 Å². The van der Waals surface area contributed by atoms with Crippen LogP contribution in [-0.2, 0) is 22.3 Å². The van der Waals surface area contributed by atoms with E-state index in [1.54, 1.807) is 36.4 Å². The van der Waals surface area contributed by atoms with Crippen molar-refractivity contribution in [1.82, 2.24) is 15.2 Å². The number of hydrogen-bond acceptors (Lipinski definition) is 5. The lowest BCUT2D eigenvalue weighted by molar-refractivity contribution is 0.0951. The van der Waals surface area contributed by atoms with Crippen molar-refractivity contribution in [3.05, 3.63) is 89.5 Å². The van der Waals surface area contributed by atoms with E-state index in [0.717, 1.165) is 16.5 Å². The number of nitrogens with one attached hydrogen (secondary N) is 2. The molecule has 0 unspecified atom stereocenters. The highest BCUT2D eigenvalue weighted by molar-refractivity contribution is 7.88. The van der Waals surface area contributed by atoms with Crippen LogP contribution in [0.1, 0.15) is 21.5 Å². The van der Waals surface area contributed by atoms with Crippen LogP contribution in [0.15, 0.2) is 77.3 Å². The molecule has 0 bridgehead atoms. The van der Waals surface area contributed by atoms with E-state index in [2.05, 4.69) is 15.2 Å². The molecule has 0 fully saturated rings. The molecule has 0 saturated heterocycles. The zero-order valence-corrected chi connectivity index (χ0v) is 17.6. The van der Waals surface area contributed by atoms with Gasteiger partial charge in [0.1, 0.15) is 5.52 Å². The van der Waals surface area contributed by atoms with Crippen LogP contribution in [0, 0.1) is 0 Å². The van der Waals surface area contributed by atoms with Gasteiger partial charge < -0.3 is 9.84 Å². The smallest absolute Gasteiger partial charge is 0.251 e. The summed E-state index contributed by atoms with van der Waals surface area (Å²) in [6, 6.07) is 21.9. The van der Waals surface area contributed by atoms with Gasteiger partial charge in [-0.3, -0.25) is 4.79 Å². The van der Waals surface area contributed by atoms with Crippen molar-refractivity contribution >= 4 is 26.8 Å². The Morgan fingerprint density at radius 3 is 2.42 bits per heavy atom. The zero-order valence-electron chi connectivity index (χ0n) is 16.8. The molecule has 0 aliphatic rings. The van der Waals surface area contributed by atoms with Gasteiger partial charge in [0.25, 0.3) is 5.91 Å². The van der Waals surface area contributed by atoms with Crippen molar-refractivity contribution in [1.29, 1.82) is 0 Å². The molecule has 1 amide bonds. The van der Waals surface area contributed by atoms with Gasteiger partial charge in [0, 0.05) is 17.7 Å². The molecule has 2 N–H and O–H groups in total. The number of sulfonamides is 1. The lowest BCUT2D eigenvalue weighted by Crippen LogP contribution is -2.25. The minimum absolute atomic E-state index is 0.150. The number of carbonyl (C=O) groups is 1. The molecule has 0 aliphatic carbocycles. The van der Waals surface area contributed by atoms with E-state index in [1.165, 1.54) is 7.05 Å². The second-order valence-corrected chi connectivity index (χ2v) is 8.95. The third kappa shape index (κ3) is 4.65. The number of benzene rings is 3. The van der Waals surface area contributed by atoms with Crippen LogP contribution in [0.4, 0.5) is 0 Å². The van der Waals surface area contributed by atoms with Crippen molar-refractivity contribution in [2.75, 3.05) is 7.05 Å². The number of aromatic nitrogens is 1. The Kier molecular flexibility index (Phi) is 5.83. The SMILES string of the molecule is CNS(=O)(=O)Cc1ccccc1CNC(=O)c1ccc2noc(-c3ccccc3)c2c1.